The van der Waals surface area contributed by atoms with E-state index in [-0.39, 0.29) is 11.8 Å². The number of aryl methyl sites for hydroxylation is 1. The Morgan fingerprint density at radius 2 is 2.27 bits per heavy atom. The minimum absolute atomic E-state index is 0.240. The highest BCUT2D eigenvalue weighted by atomic mass is 19.1. The number of hydrogen-bond donors (Lipinski definition) is 1. The number of hydrogen-bond acceptors (Lipinski definition) is 3. The molecule has 0 saturated heterocycles. The summed E-state index contributed by atoms with van der Waals surface area (Å²) in [6.45, 7) is 2.29. The molecule has 1 aromatic carbocycles. The first-order chi connectivity index (χ1) is 7.15. The van der Waals surface area contributed by atoms with E-state index in [2.05, 4.69) is 10.1 Å². The molecule has 1 heterocycles. The summed E-state index contributed by atoms with van der Waals surface area (Å²) in [4.78, 5) is 3.97. The Kier molecular flexibility index (Phi) is 2.37. The third-order valence-electron chi connectivity index (χ3n) is 2.09. The third-order valence-corrected chi connectivity index (χ3v) is 2.09. The van der Waals surface area contributed by atoms with E-state index in [4.69, 9.17) is 5.73 Å². The van der Waals surface area contributed by atoms with E-state index in [0.717, 1.165) is 11.4 Å². The molecule has 0 unspecified atom stereocenters. The van der Waals surface area contributed by atoms with Crippen molar-refractivity contribution in [3.05, 3.63) is 41.5 Å². The van der Waals surface area contributed by atoms with E-state index in [0.29, 0.717) is 6.54 Å². The van der Waals surface area contributed by atoms with Gasteiger partial charge in [-0.25, -0.2) is 9.07 Å². The molecule has 2 aromatic rings. The van der Waals surface area contributed by atoms with Crippen molar-refractivity contribution < 1.29 is 4.39 Å². The lowest BCUT2D eigenvalue weighted by Crippen LogP contribution is -2.04. The van der Waals surface area contributed by atoms with Gasteiger partial charge in [-0.2, -0.15) is 4.98 Å². The van der Waals surface area contributed by atoms with Gasteiger partial charge < -0.3 is 5.73 Å². The van der Waals surface area contributed by atoms with Crippen molar-refractivity contribution in [2.45, 2.75) is 13.5 Å². The first-order valence-corrected chi connectivity index (χ1v) is 4.56. The number of nitrogens with zero attached hydrogens (tertiary/aromatic N) is 3. The van der Waals surface area contributed by atoms with Gasteiger partial charge in [-0.05, 0) is 24.6 Å². The molecule has 0 bridgehead atoms. The summed E-state index contributed by atoms with van der Waals surface area (Å²) in [6.07, 6.45) is 0. The lowest BCUT2D eigenvalue weighted by molar-refractivity contribution is 0.616. The smallest absolute Gasteiger partial charge is 0.239 e. The predicted molar refractivity (Wildman–Crippen MR) is 54.7 cm³/mol. The van der Waals surface area contributed by atoms with Crippen LogP contribution in [0.25, 0.3) is 0 Å². The topological polar surface area (TPSA) is 56.7 Å². The zero-order chi connectivity index (χ0) is 10.8. The minimum atomic E-state index is -0.252. The van der Waals surface area contributed by atoms with E-state index in [1.807, 2.05) is 13.0 Å². The molecule has 78 valence electrons. The Bertz CT molecular complexity index is 478. The van der Waals surface area contributed by atoms with Crippen LogP contribution in [0.2, 0.25) is 0 Å². The summed E-state index contributed by atoms with van der Waals surface area (Å²) in [5.41, 5.74) is 6.28. The quantitative estimate of drug-likeness (QED) is 0.807. The van der Waals surface area contributed by atoms with Gasteiger partial charge in [0.2, 0.25) is 5.95 Å². The van der Waals surface area contributed by atoms with Crippen LogP contribution in [0.1, 0.15) is 11.4 Å². The molecule has 15 heavy (non-hydrogen) atoms. The van der Waals surface area contributed by atoms with Crippen LogP contribution in [0.5, 0.6) is 0 Å². The molecule has 0 amide bonds. The number of rotatable bonds is 2. The Balaban J connectivity index is 2.25. The average molecular weight is 206 g/mol. The largest absolute Gasteiger partial charge is 0.366 e. The van der Waals surface area contributed by atoms with Gasteiger partial charge in [0.25, 0.3) is 0 Å². The molecular formula is C10H11FN4. The van der Waals surface area contributed by atoms with Crippen LogP contribution >= 0.6 is 0 Å². The number of halogens is 1. The summed E-state index contributed by atoms with van der Waals surface area (Å²) in [6, 6.07) is 6.38. The Morgan fingerprint density at radius 1 is 1.47 bits per heavy atom. The third kappa shape index (κ3) is 2.12. The van der Waals surface area contributed by atoms with Crippen molar-refractivity contribution in [3.8, 4) is 0 Å². The van der Waals surface area contributed by atoms with Crippen molar-refractivity contribution in [2.75, 3.05) is 5.73 Å². The Hall–Kier alpha value is -1.91. The minimum Gasteiger partial charge on any atom is -0.366 e. The van der Waals surface area contributed by atoms with E-state index < -0.39 is 0 Å². The molecule has 0 fully saturated rings. The van der Waals surface area contributed by atoms with Crippen LogP contribution < -0.4 is 5.73 Å². The molecule has 2 rings (SSSR count). The first-order valence-electron chi connectivity index (χ1n) is 4.56. The molecule has 5 heteroatoms. The van der Waals surface area contributed by atoms with Gasteiger partial charge in [-0.3, -0.25) is 0 Å². The summed E-state index contributed by atoms with van der Waals surface area (Å²) in [7, 11) is 0. The molecule has 2 N–H and O–H groups in total. The second kappa shape index (κ2) is 3.68. The second-order valence-electron chi connectivity index (χ2n) is 3.30. The number of benzene rings is 1. The van der Waals surface area contributed by atoms with Gasteiger partial charge >= 0.3 is 0 Å². The number of nitrogens with two attached hydrogens (primary N) is 1. The lowest BCUT2D eigenvalue weighted by atomic mass is 10.2. The highest BCUT2D eigenvalue weighted by Gasteiger charge is 2.03. The van der Waals surface area contributed by atoms with Gasteiger partial charge in [0.05, 0.1) is 6.54 Å². The van der Waals surface area contributed by atoms with Crippen molar-refractivity contribution in [3.63, 3.8) is 0 Å². The highest BCUT2D eigenvalue weighted by molar-refractivity contribution is 5.18. The number of nitrogen functional groups attached to an aromatic ring is 1. The highest BCUT2D eigenvalue weighted by Crippen LogP contribution is 2.07. The van der Waals surface area contributed by atoms with Gasteiger partial charge in [0.15, 0.2) is 0 Å². The fourth-order valence-electron chi connectivity index (χ4n) is 1.40. The SMILES string of the molecule is Cc1nc(N)nn1Cc1cccc(F)c1. The number of anilines is 1. The molecule has 0 aliphatic heterocycles. The fraction of sp³-hybridized carbons (Fsp3) is 0.200. The van der Waals surface area contributed by atoms with E-state index >= 15 is 0 Å². The maximum Gasteiger partial charge on any atom is 0.239 e. The van der Waals surface area contributed by atoms with Crippen molar-refractivity contribution in [1.29, 1.82) is 0 Å². The van der Waals surface area contributed by atoms with Gasteiger partial charge in [0.1, 0.15) is 11.6 Å². The summed E-state index contributed by atoms with van der Waals surface area (Å²) in [5, 5.41) is 4.00. The second-order valence-corrected chi connectivity index (χ2v) is 3.30. The lowest BCUT2D eigenvalue weighted by Gasteiger charge is -2.02. The van der Waals surface area contributed by atoms with Crippen LogP contribution in [0.3, 0.4) is 0 Å². The fourth-order valence-corrected chi connectivity index (χ4v) is 1.40. The first kappa shape index (κ1) is 9.64. The average Bonchev–Trinajstić information content (AvgIpc) is 2.45. The van der Waals surface area contributed by atoms with Gasteiger partial charge in [-0.1, -0.05) is 12.1 Å². The van der Waals surface area contributed by atoms with E-state index in [1.54, 1.807) is 10.7 Å². The molecular weight excluding hydrogens is 195 g/mol. The van der Waals surface area contributed by atoms with Crippen molar-refractivity contribution in [1.82, 2.24) is 14.8 Å². The zero-order valence-electron chi connectivity index (χ0n) is 8.31. The van der Waals surface area contributed by atoms with Gasteiger partial charge in [-0.15, -0.1) is 5.10 Å². The molecule has 0 atom stereocenters. The summed E-state index contributed by atoms with van der Waals surface area (Å²) in [5.74, 6) is 0.707. The standard InChI is InChI=1S/C10H11FN4/c1-7-13-10(12)14-15(7)6-8-3-2-4-9(11)5-8/h2-5H,6H2,1H3,(H2,12,14). The molecule has 1 aromatic heterocycles. The Morgan fingerprint density at radius 3 is 2.87 bits per heavy atom. The molecule has 0 aliphatic carbocycles. The van der Waals surface area contributed by atoms with Crippen LogP contribution in [-0.2, 0) is 6.54 Å². The van der Waals surface area contributed by atoms with Crippen molar-refractivity contribution in [2.24, 2.45) is 0 Å². The molecule has 0 saturated carbocycles. The Labute approximate surface area is 86.6 Å². The van der Waals surface area contributed by atoms with Crippen LogP contribution in [0.4, 0.5) is 10.3 Å². The number of aromatic nitrogens is 3. The normalized spacial score (nSPS) is 10.5. The van der Waals surface area contributed by atoms with Crippen molar-refractivity contribution >= 4 is 5.95 Å². The molecule has 0 radical (unpaired) electrons. The summed E-state index contributed by atoms with van der Waals surface area (Å²) >= 11 is 0. The monoisotopic (exact) mass is 206 g/mol. The zero-order valence-corrected chi connectivity index (χ0v) is 8.31. The van der Waals surface area contributed by atoms with E-state index in [1.165, 1.54) is 12.1 Å². The van der Waals surface area contributed by atoms with Crippen LogP contribution in [-0.4, -0.2) is 14.8 Å². The maximum absolute atomic E-state index is 12.9. The molecule has 0 spiro atoms. The molecule has 4 nitrogen and oxygen atoms in total. The predicted octanol–water partition coefficient (Wildman–Crippen LogP) is 1.36. The maximum atomic E-state index is 12.9. The molecule has 0 aliphatic rings. The van der Waals surface area contributed by atoms with Gasteiger partial charge in [0, 0.05) is 0 Å². The van der Waals surface area contributed by atoms with E-state index in [9.17, 15) is 4.39 Å². The summed E-state index contributed by atoms with van der Waals surface area (Å²) < 4.78 is 14.5. The van der Waals surface area contributed by atoms with Crippen LogP contribution in [0.15, 0.2) is 24.3 Å². The van der Waals surface area contributed by atoms with Crippen LogP contribution in [0, 0.1) is 12.7 Å².